The molecule has 6 heteroatoms. The van der Waals surface area contributed by atoms with Gasteiger partial charge >= 0.3 is 0 Å². The fraction of sp³-hybridized carbons (Fsp3) is 0.552. The number of nitrogens with zero attached hydrogens (tertiary/aromatic N) is 2. The van der Waals surface area contributed by atoms with Crippen molar-refractivity contribution in [3.63, 3.8) is 0 Å². The Morgan fingerprint density at radius 2 is 1.83 bits per heavy atom. The van der Waals surface area contributed by atoms with Crippen LogP contribution in [0.2, 0.25) is 5.02 Å². The molecule has 1 atom stereocenters. The van der Waals surface area contributed by atoms with Gasteiger partial charge in [0.1, 0.15) is 11.8 Å². The third-order valence-corrected chi connectivity index (χ3v) is 7.70. The largest absolute Gasteiger partial charge is 0.493 e. The quantitative estimate of drug-likeness (QED) is 0.368. The zero-order valence-electron chi connectivity index (χ0n) is 21.6. The third-order valence-electron chi connectivity index (χ3n) is 7.39. The van der Waals surface area contributed by atoms with E-state index in [1.165, 1.54) is 5.56 Å². The maximum atomic E-state index is 11.1. The number of aryl methyl sites for hydroxylation is 1. The van der Waals surface area contributed by atoms with Crippen LogP contribution in [0.3, 0.4) is 0 Å². The average Bonchev–Trinajstić information content (AvgIpc) is 2.86. The Morgan fingerprint density at radius 3 is 2.40 bits per heavy atom. The monoisotopic (exact) mass is 497 g/mol. The molecule has 5 nitrogen and oxygen atoms in total. The topological polar surface area (TPSA) is 68.5 Å². The molecule has 35 heavy (non-hydrogen) atoms. The maximum absolute atomic E-state index is 11.1. The Balaban J connectivity index is 1.52. The SMILES string of the molecule is CCC(CC)NC(CC)c1ccc(OCCC2(O)CCN(c3ccc(C#N)c(Cl)c3)CC2)c(C)c1. The zero-order valence-corrected chi connectivity index (χ0v) is 22.4. The van der Waals surface area contributed by atoms with Crippen LogP contribution in [0.4, 0.5) is 5.69 Å². The fourth-order valence-corrected chi connectivity index (χ4v) is 5.10. The molecule has 2 aromatic carbocycles. The highest BCUT2D eigenvalue weighted by atomic mass is 35.5. The number of piperidine rings is 1. The van der Waals surface area contributed by atoms with Crippen LogP contribution in [0.5, 0.6) is 5.75 Å². The summed E-state index contributed by atoms with van der Waals surface area (Å²) in [5.74, 6) is 0.888. The van der Waals surface area contributed by atoms with Crippen LogP contribution in [0, 0.1) is 18.3 Å². The van der Waals surface area contributed by atoms with E-state index in [-0.39, 0.29) is 0 Å². The lowest BCUT2D eigenvalue weighted by atomic mass is 9.88. The summed E-state index contributed by atoms with van der Waals surface area (Å²) in [6, 6.07) is 15.0. The summed E-state index contributed by atoms with van der Waals surface area (Å²) in [4.78, 5) is 2.21. The molecule has 0 amide bonds. The van der Waals surface area contributed by atoms with Crippen LogP contribution in [0.1, 0.15) is 82.0 Å². The number of nitrogens with one attached hydrogen (secondary N) is 1. The van der Waals surface area contributed by atoms with Gasteiger partial charge in [0, 0.05) is 37.3 Å². The predicted molar refractivity (Wildman–Crippen MR) is 144 cm³/mol. The number of hydrogen-bond donors (Lipinski definition) is 2. The number of halogens is 1. The van der Waals surface area contributed by atoms with Crippen molar-refractivity contribution in [3.05, 3.63) is 58.1 Å². The minimum atomic E-state index is -0.729. The van der Waals surface area contributed by atoms with E-state index in [1.54, 1.807) is 6.07 Å². The van der Waals surface area contributed by atoms with E-state index in [4.69, 9.17) is 21.6 Å². The molecule has 0 spiro atoms. The summed E-state index contributed by atoms with van der Waals surface area (Å²) in [7, 11) is 0. The Labute approximate surface area is 216 Å². The molecular formula is C29H40ClN3O2. The van der Waals surface area contributed by atoms with E-state index in [9.17, 15) is 5.11 Å². The lowest BCUT2D eigenvalue weighted by Crippen LogP contribution is -2.45. The second-order valence-electron chi connectivity index (χ2n) is 9.75. The molecule has 0 bridgehead atoms. The van der Waals surface area contributed by atoms with E-state index < -0.39 is 5.60 Å². The van der Waals surface area contributed by atoms with Crippen molar-refractivity contribution in [2.75, 3.05) is 24.6 Å². The van der Waals surface area contributed by atoms with Crippen molar-refractivity contribution in [2.45, 2.75) is 83.9 Å². The molecule has 1 saturated heterocycles. The minimum Gasteiger partial charge on any atom is -0.493 e. The number of rotatable bonds is 11. The summed E-state index contributed by atoms with van der Waals surface area (Å²) in [5.41, 5.74) is 3.18. The molecule has 1 heterocycles. The van der Waals surface area contributed by atoms with Crippen LogP contribution in [0.15, 0.2) is 36.4 Å². The molecule has 3 rings (SSSR count). The van der Waals surface area contributed by atoms with Crippen molar-refractivity contribution in [1.29, 1.82) is 5.26 Å². The van der Waals surface area contributed by atoms with Gasteiger partial charge in [-0.05, 0) is 74.4 Å². The molecule has 1 aliphatic rings. The number of aliphatic hydroxyl groups is 1. The average molecular weight is 498 g/mol. The standard InChI is InChI=1S/C29H40ClN3O2/c1-5-24(6-2)32-27(7-3)22-9-11-28(21(4)18-22)35-17-14-29(34)12-15-33(16-13-29)25-10-8-23(20-31)26(30)19-25/h8-11,18-19,24,27,32,34H,5-7,12-17H2,1-4H3. The lowest BCUT2D eigenvalue weighted by molar-refractivity contribution is -0.00273. The first-order valence-electron chi connectivity index (χ1n) is 13.0. The van der Waals surface area contributed by atoms with Gasteiger partial charge in [-0.2, -0.15) is 5.26 Å². The highest BCUT2D eigenvalue weighted by Crippen LogP contribution is 2.32. The highest BCUT2D eigenvalue weighted by Gasteiger charge is 2.32. The second-order valence-corrected chi connectivity index (χ2v) is 10.2. The van der Waals surface area contributed by atoms with E-state index in [2.05, 4.69) is 62.2 Å². The molecule has 2 aromatic rings. The summed E-state index contributed by atoms with van der Waals surface area (Å²) < 4.78 is 6.11. The van der Waals surface area contributed by atoms with E-state index in [1.807, 2.05) is 12.1 Å². The van der Waals surface area contributed by atoms with Gasteiger partial charge < -0.3 is 20.1 Å². The first kappa shape index (κ1) is 27.3. The molecule has 0 radical (unpaired) electrons. The fourth-order valence-electron chi connectivity index (χ4n) is 4.88. The van der Waals surface area contributed by atoms with Crippen LogP contribution in [-0.2, 0) is 0 Å². The van der Waals surface area contributed by atoms with Crippen molar-refractivity contribution in [2.24, 2.45) is 0 Å². The smallest absolute Gasteiger partial charge is 0.122 e. The maximum Gasteiger partial charge on any atom is 0.122 e. The third kappa shape index (κ3) is 7.13. The van der Waals surface area contributed by atoms with Gasteiger partial charge in [0.2, 0.25) is 0 Å². The van der Waals surface area contributed by atoms with Crippen LogP contribution < -0.4 is 15.0 Å². The van der Waals surface area contributed by atoms with E-state index >= 15 is 0 Å². The summed E-state index contributed by atoms with van der Waals surface area (Å²) in [5, 5.41) is 24.4. The van der Waals surface area contributed by atoms with Gasteiger partial charge in [-0.15, -0.1) is 0 Å². The Morgan fingerprint density at radius 1 is 1.11 bits per heavy atom. The van der Waals surface area contributed by atoms with Crippen molar-refractivity contribution >= 4 is 17.3 Å². The van der Waals surface area contributed by atoms with Gasteiger partial charge in [0.05, 0.1) is 22.8 Å². The number of benzene rings is 2. The van der Waals surface area contributed by atoms with Crippen LogP contribution >= 0.6 is 11.6 Å². The molecule has 1 unspecified atom stereocenters. The number of hydrogen-bond acceptors (Lipinski definition) is 5. The van der Waals surface area contributed by atoms with E-state index in [0.717, 1.165) is 49.4 Å². The molecule has 1 aliphatic heterocycles. The predicted octanol–water partition coefficient (Wildman–Crippen LogP) is 6.55. The first-order valence-corrected chi connectivity index (χ1v) is 13.4. The summed E-state index contributed by atoms with van der Waals surface area (Å²) in [6.07, 6.45) is 5.26. The van der Waals surface area contributed by atoms with Gasteiger partial charge in [-0.3, -0.25) is 0 Å². The molecule has 0 aliphatic carbocycles. The number of anilines is 1. The van der Waals surface area contributed by atoms with Crippen LogP contribution in [0.25, 0.3) is 0 Å². The summed E-state index contributed by atoms with van der Waals surface area (Å²) in [6.45, 7) is 10.8. The normalized spacial score (nSPS) is 16.2. The van der Waals surface area contributed by atoms with Crippen molar-refractivity contribution < 1.29 is 9.84 Å². The number of ether oxygens (including phenoxy) is 1. The zero-order chi connectivity index (χ0) is 25.4. The Hall–Kier alpha value is -2.26. The summed E-state index contributed by atoms with van der Waals surface area (Å²) >= 11 is 6.20. The van der Waals surface area contributed by atoms with Gasteiger partial charge in [0.15, 0.2) is 0 Å². The van der Waals surface area contributed by atoms with Crippen molar-refractivity contribution in [3.8, 4) is 11.8 Å². The molecular weight excluding hydrogens is 458 g/mol. The molecule has 190 valence electrons. The second kappa shape index (κ2) is 12.6. The van der Waals surface area contributed by atoms with Gasteiger partial charge in [-0.25, -0.2) is 0 Å². The minimum absolute atomic E-state index is 0.351. The Bertz CT molecular complexity index is 1010. The molecule has 1 fully saturated rings. The number of nitriles is 1. The molecule has 0 saturated carbocycles. The van der Waals surface area contributed by atoms with Gasteiger partial charge in [0.25, 0.3) is 0 Å². The van der Waals surface area contributed by atoms with Crippen molar-refractivity contribution in [1.82, 2.24) is 5.32 Å². The van der Waals surface area contributed by atoms with Gasteiger partial charge in [-0.1, -0.05) is 44.5 Å². The lowest BCUT2D eigenvalue weighted by Gasteiger charge is -2.39. The molecule has 2 N–H and O–H groups in total. The first-order chi connectivity index (χ1) is 16.8. The van der Waals surface area contributed by atoms with Crippen LogP contribution in [-0.4, -0.2) is 36.4 Å². The highest BCUT2D eigenvalue weighted by molar-refractivity contribution is 6.32. The van der Waals surface area contributed by atoms with E-state index in [0.29, 0.717) is 48.5 Å². The molecule has 0 aromatic heterocycles. The Kier molecular flexibility index (Phi) is 9.86.